The number of hydrogen-bond donors (Lipinski definition) is 0. The van der Waals surface area contributed by atoms with Crippen molar-refractivity contribution in [2.75, 3.05) is 0 Å². The van der Waals surface area contributed by atoms with Gasteiger partial charge < -0.3 is 0 Å². The maximum Gasteiger partial charge on any atom is -0.0266 e. The number of rotatable bonds is 3. The first-order chi connectivity index (χ1) is 5.20. The second-order valence-electron chi connectivity index (χ2n) is 2.61. The fourth-order valence-corrected chi connectivity index (χ4v) is 0.647. The van der Waals surface area contributed by atoms with Crippen molar-refractivity contribution in [3.63, 3.8) is 0 Å². The van der Waals surface area contributed by atoms with Crippen LogP contribution in [0.25, 0.3) is 0 Å². The average molecular weight is 148 g/mol. The van der Waals surface area contributed by atoms with E-state index in [0.29, 0.717) is 0 Å². The summed E-state index contributed by atoms with van der Waals surface area (Å²) in [4.78, 5) is 0. The Morgan fingerprint density at radius 3 is 2.18 bits per heavy atom. The molecule has 0 rings (SSSR count). The Morgan fingerprint density at radius 1 is 1.18 bits per heavy atom. The minimum atomic E-state index is 1.15. The number of allylic oxidation sites excluding steroid dienone is 7. The van der Waals surface area contributed by atoms with E-state index in [-0.39, 0.29) is 0 Å². The second-order valence-corrected chi connectivity index (χ2v) is 2.61. The first kappa shape index (κ1) is 9.96. The van der Waals surface area contributed by atoms with Gasteiger partial charge in [-0.05, 0) is 26.3 Å². The van der Waals surface area contributed by atoms with Crippen LogP contribution in [-0.4, -0.2) is 0 Å². The van der Waals surface area contributed by atoms with Crippen molar-refractivity contribution in [1.82, 2.24) is 0 Å². The summed E-state index contributed by atoms with van der Waals surface area (Å²) in [5.41, 5.74) is 2.45. The highest BCUT2D eigenvalue weighted by Crippen LogP contribution is 2.00. The van der Waals surface area contributed by atoms with E-state index in [1.807, 2.05) is 25.2 Å². The molecule has 0 radical (unpaired) electrons. The van der Waals surface area contributed by atoms with E-state index in [1.165, 1.54) is 5.57 Å². The summed E-state index contributed by atoms with van der Waals surface area (Å²) in [5.74, 6) is 0. The normalized spacial score (nSPS) is 11.7. The predicted molar refractivity (Wildman–Crippen MR) is 52.5 cm³/mol. The quantitative estimate of drug-likeness (QED) is 0.536. The molecule has 0 N–H and O–H groups in total. The van der Waals surface area contributed by atoms with Gasteiger partial charge in [0.15, 0.2) is 0 Å². The van der Waals surface area contributed by atoms with Crippen LogP contribution < -0.4 is 0 Å². The lowest BCUT2D eigenvalue weighted by Crippen LogP contribution is -1.68. The summed E-state index contributed by atoms with van der Waals surface area (Å²) in [5, 5.41) is 0. The summed E-state index contributed by atoms with van der Waals surface area (Å²) in [6, 6.07) is 0. The zero-order valence-corrected chi connectivity index (χ0v) is 7.59. The van der Waals surface area contributed by atoms with Gasteiger partial charge in [-0.15, -0.1) is 0 Å². The highest BCUT2D eigenvalue weighted by Gasteiger charge is 1.79. The Morgan fingerprint density at radius 2 is 1.82 bits per heavy atom. The minimum Gasteiger partial charge on any atom is -0.0985 e. The predicted octanol–water partition coefficient (Wildman–Crippen LogP) is 3.64. The number of hydrogen-bond acceptors (Lipinski definition) is 0. The molecule has 0 aliphatic heterocycles. The van der Waals surface area contributed by atoms with Gasteiger partial charge in [0.25, 0.3) is 0 Å². The van der Waals surface area contributed by atoms with E-state index in [2.05, 4.69) is 32.6 Å². The molecule has 11 heavy (non-hydrogen) atoms. The molecule has 0 amide bonds. The lowest BCUT2D eigenvalue weighted by Gasteiger charge is -1.89. The minimum absolute atomic E-state index is 1.15. The van der Waals surface area contributed by atoms with Gasteiger partial charge in [-0.1, -0.05) is 42.5 Å². The van der Waals surface area contributed by atoms with Crippen LogP contribution in [0, 0.1) is 0 Å². The van der Waals surface area contributed by atoms with Crippen LogP contribution in [0.5, 0.6) is 0 Å². The Balaban J connectivity index is 4.36. The van der Waals surface area contributed by atoms with E-state index >= 15 is 0 Å². The molecule has 0 aliphatic carbocycles. The van der Waals surface area contributed by atoms with Crippen molar-refractivity contribution in [2.24, 2.45) is 0 Å². The van der Waals surface area contributed by atoms with E-state index in [1.54, 1.807) is 0 Å². The van der Waals surface area contributed by atoms with Gasteiger partial charge in [-0.2, -0.15) is 0 Å². The Bertz CT molecular complexity index is 198. The molecule has 0 unspecified atom stereocenters. The Hall–Kier alpha value is -1.04. The SMILES string of the molecule is C=CC(/C=C/C)=C\C=C(C)C. The standard InChI is InChI=1S/C11H16/c1-5-7-11(6-2)9-8-10(3)4/h5-9H,2H2,1,3-4H3/b7-5+,11-9+. The third-order valence-corrected chi connectivity index (χ3v) is 1.20. The van der Waals surface area contributed by atoms with Crippen LogP contribution in [0.4, 0.5) is 0 Å². The van der Waals surface area contributed by atoms with Crippen molar-refractivity contribution in [3.05, 3.63) is 48.1 Å². The van der Waals surface area contributed by atoms with Gasteiger partial charge in [0.05, 0.1) is 0 Å². The molecule has 0 atom stereocenters. The third kappa shape index (κ3) is 5.41. The zero-order valence-electron chi connectivity index (χ0n) is 7.59. The van der Waals surface area contributed by atoms with E-state index in [9.17, 15) is 0 Å². The van der Waals surface area contributed by atoms with Crippen molar-refractivity contribution < 1.29 is 0 Å². The Kier molecular flexibility index (Phi) is 5.18. The zero-order chi connectivity index (χ0) is 8.69. The van der Waals surface area contributed by atoms with E-state index in [4.69, 9.17) is 0 Å². The van der Waals surface area contributed by atoms with E-state index < -0.39 is 0 Å². The third-order valence-electron chi connectivity index (χ3n) is 1.20. The van der Waals surface area contributed by atoms with Crippen LogP contribution >= 0.6 is 0 Å². The van der Waals surface area contributed by atoms with Crippen molar-refractivity contribution in [1.29, 1.82) is 0 Å². The summed E-state index contributed by atoms with van der Waals surface area (Å²) in [6.07, 6.45) is 10.0. The molecule has 0 heterocycles. The molecule has 0 aromatic carbocycles. The van der Waals surface area contributed by atoms with Crippen LogP contribution in [0.2, 0.25) is 0 Å². The van der Waals surface area contributed by atoms with Gasteiger partial charge >= 0.3 is 0 Å². The average Bonchev–Trinajstić information content (AvgIpc) is 1.97. The first-order valence-electron chi connectivity index (χ1n) is 3.81. The maximum absolute atomic E-state index is 3.71. The smallest absolute Gasteiger partial charge is 0.0266 e. The molecule has 0 aromatic rings. The van der Waals surface area contributed by atoms with Gasteiger partial charge in [-0.25, -0.2) is 0 Å². The van der Waals surface area contributed by atoms with Gasteiger partial charge in [0, 0.05) is 0 Å². The van der Waals surface area contributed by atoms with Crippen LogP contribution in [-0.2, 0) is 0 Å². The highest BCUT2D eigenvalue weighted by atomic mass is 13.9. The second kappa shape index (κ2) is 5.72. The van der Waals surface area contributed by atoms with E-state index in [0.717, 1.165) is 5.57 Å². The molecule has 0 fully saturated rings. The van der Waals surface area contributed by atoms with Gasteiger partial charge in [0.1, 0.15) is 0 Å². The van der Waals surface area contributed by atoms with Crippen LogP contribution in [0.15, 0.2) is 48.1 Å². The summed E-state index contributed by atoms with van der Waals surface area (Å²) >= 11 is 0. The topological polar surface area (TPSA) is 0 Å². The van der Waals surface area contributed by atoms with Gasteiger partial charge in [-0.3, -0.25) is 0 Å². The molecule has 60 valence electrons. The van der Waals surface area contributed by atoms with Gasteiger partial charge in [0.2, 0.25) is 0 Å². The van der Waals surface area contributed by atoms with Crippen LogP contribution in [0.1, 0.15) is 20.8 Å². The monoisotopic (exact) mass is 148 g/mol. The van der Waals surface area contributed by atoms with Crippen molar-refractivity contribution in [2.45, 2.75) is 20.8 Å². The van der Waals surface area contributed by atoms with Crippen molar-refractivity contribution >= 4 is 0 Å². The molecule has 0 spiro atoms. The Labute approximate surface area is 69.6 Å². The fourth-order valence-electron chi connectivity index (χ4n) is 0.647. The summed E-state index contributed by atoms with van der Waals surface area (Å²) in [7, 11) is 0. The lowest BCUT2D eigenvalue weighted by molar-refractivity contribution is 1.39. The highest BCUT2D eigenvalue weighted by molar-refractivity contribution is 5.32. The maximum atomic E-state index is 3.71. The fraction of sp³-hybridized carbons (Fsp3) is 0.273. The summed E-state index contributed by atoms with van der Waals surface area (Å²) < 4.78 is 0. The molecule has 0 aliphatic rings. The molecule has 0 saturated heterocycles. The summed E-state index contributed by atoms with van der Waals surface area (Å²) in [6.45, 7) is 9.86. The molecule has 0 bridgehead atoms. The lowest BCUT2D eigenvalue weighted by atomic mass is 10.2. The van der Waals surface area contributed by atoms with Crippen LogP contribution in [0.3, 0.4) is 0 Å². The molecule has 0 nitrogen and oxygen atoms in total. The first-order valence-corrected chi connectivity index (χ1v) is 3.81. The molecular formula is C11H16. The molecule has 0 aromatic heterocycles. The molecule has 0 saturated carbocycles. The molecular weight excluding hydrogens is 132 g/mol. The largest absolute Gasteiger partial charge is 0.0985 e. The van der Waals surface area contributed by atoms with Crippen molar-refractivity contribution in [3.8, 4) is 0 Å². The molecule has 0 heteroatoms.